The number of halogens is 3. The van der Waals surface area contributed by atoms with E-state index < -0.39 is 18.2 Å². The molecule has 18 heavy (non-hydrogen) atoms. The second-order valence-electron chi connectivity index (χ2n) is 4.44. The average Bonchev–Trinajstić information content (AvgIpc) is 2.68. The Balaban J connectivity index is 2.00. The predicted octanol–water partition coefficient (Wildman–Crippen LogP) is 2.72. The predicted molar refractivity (Wildman–Crippen MR) is 62.3 cm³/mol. The minimum atomic E-state index is -3.02. The van der Waals surface area contributed by atoms with E-state index in [2.05, 4.69) is 10.1 Å². The number of nitrogens with one attached hydrogen (secondary N) is 1. The Labute approximate surface area is 103 Å². The summed E-state index contributed by atoms with van der Waals surface area (Å²) in [7, 11) is 0. The van der Waals surface area contributed by atoms with Crippen LogP contribution in [0, 0.1) is 5.82 Å². The Morgan fingerprint density at radius 2 is 2.11 bits per heavy atom. The zero-order chi connectivity index (χ0) is 13.1. The van der Waals surface area contributed by atoms with Crippen molar-refractivity contribution in [3.05, 3.63) is 24.0 Å². The summed E-state index contributed by atoms with van der Waals surface area (Å²) in [6.45, 7) is -3.02. The third-order valence-electron chi connectivity index (χ3n) is 2.99. The van der Waals surface area contributed by atoms with Crippen LogP contribution in [0.1, 0.15) is 19.3 Å². The number of anilines is 1. The maximum atomic E-state index is 13.4. The van der Waals surface area contributed by atoms with E-state index in [0.717, 1.165) is 25.3 Å². The molecule has 3 nitrogen and oxygen atoms in total. The van der Waals surface area contributed by atoms with Gasteiger partial charge < -0.3 is 15.8 Å². The highest BCUT2D eigenvalue weighted by molar-refractivity contribution is 5.48. The lowest BCUT2D eigenvalue weighted by Crippen LogP contribution is -2.20. The SMILES string of the molecule is NC1CCC(Nc2ccc(OC(F)F)c(F)c2)C1. The Kier molecular flexibility index (Phi) is 3.96. The molecule has 0 bridgehead atoms. The molecule has 0 aliphatic heterocycles. The number of hydrogen-bond donors (Lipinski definition) is 2. The van der Waals surface area contributed by atoms with Gasteiger partial charge in [-0.1, -0.05) is 0 Å². The van der Waals surface area contributed by atoms with E-state index in [0.29, 0.717) is 5.69 Å². The summed E-state index contributed by atoms with van der Waals surface area (Å²) in [5.41, 5.74) is 6.32. The van der Waals surface area contributed by atoms with Crippen molar-refractivity contribution in [2.45, 2.75) is 38.0 Å². The monoisotopic (exact) mass is 260 g/mol. The van der Waals surface area contributed by atoms with Gasteiger partial charge in [0.1, 0.15) is 0 Å². The first kappa shape index (κ1) is 13.0. The van der Waals surface area contributed by atoms with Crippen molar-refractivity contribution in [2.75, 3.05) is 5.32 Å². The molecule has 6 heteroatoms. The number of hydrogen-bond acceptors (Lipinski definition) is 3. The molecule has 2 unspecified atom stereocenters. The second-order valence-corrected chi connectivity index (χ2v) is 4.44. The summed E-state index contributed by atoms with van der Waals surface area (Å²) in [6, 6.07) is 4.25. The zero-order valence-electron chi connectivity index (χ0n) is 9.70. The summed E-state index contributed by atoms with van der Waals surface area (Å²) in [5, 5.41) is 3.13. The molecule has 1 fully saturated rings. The minimum Gasteiger partial charge on any atom is -0.432 e. The number of benzene rings is 1. The van der Waals surface area contributed by atoms with Crippen LogP contribution in [0.25, 0.3) is 0 Å². The molecule has 2 atom stereocenters. The lowest BCUT2D eigenvalue weighted by Gasteiger charge is -2.14. The first-order chi connectivity index (χ1) is 8.54. The Hall–Kier alpha value is -1.43. The van der Waals surface area contributed by atoms with Gasteiger partial charge in [0.15, 0.2) is 11.6 Å². The number of alkyl halides is 2. The van der Waals surface area contributed by atoms with Gasteiger partial charge in [-0.3, -0.25) is 0 Å². The van der Waals surface area contributed by atoms with Crippen LogP contribution in [-0.2, 0) is 0 Å². The molecule has 0 amide bonds. The molecule has 3 N–H and O–H groups in total. The third-order valence-corrected chi connectivity index (χ3v) is 2.99. The number of nitrogens with two attached hydrogens (primary N) is 1. The van der Waals surface area contributed by atoms with E-state index in [4.69, 9.17) is 5.73 Å². The van der Waals surface area contributed by atoms with Gasteiger partial charge in [0.2, 0.25) is 0 Å². The molecule has 100 valence electrons. The van der Waals surface area contributed by atoms with Gasteiger partial charge in [-0.15, -0.1) is 0 Å². The van der Waals surface area contributed by atoms with Gasteiger partial charge in [-0.05, 0) is 31.4 Å². The standard InChI is InChI=1S/C12H15F3N2O/c13-10-6-9(3-4-11(10)18-12(14)15)17-8-2-1-7(16)5-8/h3-4,6-8,12,17H,1-2,5,16H2. The maximum absolute atomic E-state index is 13.4. The molecule has 0 aromatic heterocycles. The normalized spacial score (nSPS) is 23.4. The summed E-state index contributed by atoms with van der Waals surface area (Å²) in [4.78, 5) is 0. The number of ether oxygens (including phenoxy) is 1. The van der Waals surface area contributed by atoms with E-state index >= 15 is 0 Å². The molecule has 1 aliphatic rings. The largest absolute Gasteiger partial charge is 0.432 e. The fourth-order valence-corrected chi connectivity index (χ4v) is 2.17. The van der Waals surface area contributed by atoms with Crippen molar-refractivity contribution in [2.24, 2.45) is 5.73 Å². The smallest absolute Gasteiger partial charge is 0.387 e. The van der Waals surface area contributed by atoms with E-state index in [-0.39, 0.29) is 12.1 Å². The first-order valence-corrected chi connectivity index (χ1v) is 5.81. The summed E-state index contributed by atoms with van der Waals surface area (Å²) >= 11 is 0. The van der Waals surface area contributed by atoms with Crippen LogP contribution in [0.2, 0.25) is 0 Å². The summed E-state index contributed by atoms with van der Waals surface area (Å²) in [5.74, 6) is -1.25. The van der Waals surface area contributed by atoms with Crippen LogP contribution in [0.15, 0.2) is 18.2 Å². The highest BCUT2D eigenvalue weighted by Gasteiger charge is 2.21. The molecule has 0 radical (unpaired) electrons. The summed E-state index contributed by atoms with van der Waals surface area (Å²) < 4.78 is 41.4. The molecule has 1 aliphatic carbocycles. The maximum Gasteiger partial charge on any atom is 0.387 e. The van der Waals surface area contributed by atoms with E-state index in [1.54, 1.807) is 0 Å². The fourth-order valence-electron chi connectivity index (χ4n) is 2.17. The van der Waals surface area contributed by atoms with Crippen LogP contribution in [-0.4, -0.2) is 18.7 Å². The van der Waals surface area contributed by atoms with Gasteiger partial charge >= 0.3 is 6.61 Å². The topological polar surface area (TPSA) is 47.3 Å². The van der Waals surface area contributed by atoms with Crippen molar-refractivity contribution in [1.29, 1.82) is 0 Å². The molecule has 1 aromatic rings. The molecular formula is C12H15F3N2O. The van der Waals surface area contributed by atoms with Gasteiger partial charge in [0, 0.05) is 23.8 Å². The van der Waals surface area contributed by atoms with E-state index in [9.17, 15) is 13.2 Å². The molecule has 2 rings (SSSR count). The van der Waals surface area contributed by atoms with Gasteiger partial charge in [0.25, 0.3) is 0 Å². The van der Waals surface area contributed by atoms with Crippen LogP contribution in [0.3, 0.4) is 0 Å². The second kappa shape index (κ2) is 5.48. The Morgan fingerprint density at radius 1 is 1.33 bits per heavy atom. The third kappa shape index (κ3) is 3.29. The molecule has 1 saturated carbocycles. The van der Waals surface area contributed by atoms with Gasteiger partial charge in [0.05, 0.1) is 0 Å². The first-order valence-electron chi connectivity index (χ1n) is 5.81. The van der Waals surface area contributed by atoms with Crippen molar-refractivity contribution in [1.82, 2.24) is 0 Å². The van der Waals surface area contributed by atoms with E-state index in [1.165, 1.54) is 12.1 Å². The van der Waals surface area contributed by atoms with Gasteiger partial charge in [-0.2, -0.15) is 8.78 Å². The van der Waals surface area contributed by atoms with Crippen molar-refractivity contribution in [3.8, 4) is 5.75 Å². The quantitative estimate of drug-likeness (QED) is 0.875. The van der Waals surface area contributed by atoms with Crippen LogP contribution >= 0.6 is 0 Å². The molecular weight excluding hydrogens is 245 g/mol. The Bertz CT molecular complexity index is 414. The minimum absolute atomic E-state index is 0.175. The lowest BCUT2D eigenvalue weighted by atomic mass is 10.2. The van der Waals surface area contributed by atoms with Crippen molar-refractivity contribution < 1.29 is 17.9 Å². The highest BCUT2D eigenvalue weighted by Crippen LogP contribution is 2.26. The van der Waals surface area contributed by atoms with Crippen LogP contribution < -0.4 is 15.8 Å². The average molecular weight is 260 g/mol. The highest BCUT2D eigenvalue weighted by atomic mass is 19.3. The molecule has 0 spiro atoms. The Morgan fingerprint density at radius 3 is 2.67 bits per heavy atom. The molecule has 0 saturated heterocycles. The lowest BCUT2D eigenvalue weighted by molar-refractivity contribution is -0.0521. The van der Waals surface area contributed by atoms with E-state index in [1.807, 2.05) is 0 Å². The zero-order valence-corrected chi connectivity index (χ0v) is 9.70. The van der Waals surface area contributed by atoms with Crippen LogP contribution in [0.5, 0.6) is 5.75 Å². The van der Waals surface area contributed by atoms with Crippen molar-refractivity contribution in [3.63, 3.8) is 0 Å². The van der Waals surface area contributed by atoms with Crippen molar-refractivity contribution >= 4 is 5.69 Å². The molecule has 1 aromatic carbocycles. The fraction of sp³-hybridized carbons (Fsp3) is 0.500. The molecule has 0 heterocycles. The van der Waals surface area contributed by atoms with Crippen LogP contribution in [0.4, 0.5) is 18.9 Å². The van der Waals surface area contributed by atoms with Gasteiger partial charge in [-0.25, -0.2) is 4.39 Å². The summed E-state index contributed by atoms with van der Waals surface area (Å²) in [6.07, 6.45) is 2.70. The number of rotatable bonds is 4.